The first kappa shape index (κ1) is 34.9. The minimum atomic E-state index is 0.119. The average Bonchev–Trinajstić information content (AvgIpc) is 4.14. The zero-order chi connectivity index (χ0) is 40.6. The summed E-state index contributed by atoms with van der Waals surface area (Å²) in [4.78, 5) is 0. The van der Waals surface area contributed by atoms with Crippen molar-refractivity contribution in [3.63, 3.8) is 0 Å². The molecule has 0 aromatic heterocycles. The van der Waals surface area contributed by atoms with E-state index in [1.165, 1.54) is 161 Å². The van der Waals surface area contributed by atoms with Gasteiger partial charge in [0.1, 0.15) is 0 Å². The minimum absolute atomic E-state index is 0.119. The maximum atomic E-state index is 2.60. The average molecular weight is 791 g/mol. The summed E-state index contributed by atoms with van der Waals surface area (Å²) in [5.74, 6) is 0. The topological polar surface area (TPSA) is 0 Å². The standard InChI is InChI=1S/C62H46/c1-5-23-49-45(19-1)57(39-29-31-43-41-17-9-11-27-53(41)61(55(43)37-39)33-13-14-34-61)46-20-2-6-24-50(46)59(49)60-51-25-7-3-21-47(51)58(48-22-4-8-26-52(48)60)40-30-32-44-42-18-10-12-28-54(42)62(56(44)38-40)35-15-16-36-62/h1-12,17-32,37-38H,13-16,33-36H2. The van der Waals surface area contributed by atoms with Gasteiger partial charge in [-0.2, -0.15) is 0 Å². The monoisotopic (exact) mass is 790 g/mol. The summed E-state index contributed by atoms with van der Waals surface area (Å²) in [5, 5.41) is 10.5. The summed E-state index contributed by atoms with van der Waals surface area (Å²) >= 11 is 0. The number of benzene rings is 10. The predicted molar refractivity (Wildman–Crippen MR) is 262 cm³/mol. The first-order valence-corrected chi connectivity index (χ1v) is 23.1. The lowest BCUT2D eigenvalue weighted by molar-refractivity contribution is 0.550. The maximum absolute atomic E-state index is 2.60. The van der Waals surface area contributed by atoms with Crippen LogP contribution in [0.2, 0.25) is 0 Å². The van der Waals surface area contributed by atoms with Gasteiger partial charge in [0, 0.05) is 10.8 Å². The van der Waals surface area contributed by atoms with E-state index in [9.17, 15) is 0 Å². The summed E-state index contributed by atoms with van der Waals surface area (Å²) in [7, 11) is 0. The normalized spacial score (nSPS) is 16.5. The summed E-state index contributed by atoms with van der Waals surface area (Å²) in [5.41, 5.74) is 20.1. The second kappa shape index (κ2) is 12.9. The van der Waals surface area contributed by atoms with Gasteiger partial charge in [-0.05, 0) is 159 Å². The Labute approximate surface area is 363 Å². The molecule has 10 aromatic rings. The number of rotatable bonds is 3. The van der Waals surface area contributed by atoms with Gasteiger partial charge in [0.25, 0.3) is 0 Å². The van der Waals surface area contributed by atoms with Crippen LogP contribution in [0.3, 0.4) is 0 Å². The quantitative estimate of drug-likeness (QED) is 0.156. The smallest absolute Gasteiger partial charge is 0.0215 e. The SMILES string of the molecule is c1ccc2c(c1)-c1ccc(-c3c4ccccc4c(-c4c5ccccc5c(-c5ccc6c(c5)C5(CCCC5)c5ccccc5-6)c5ccccc45)c4ccccc34)cc1C21CCCC1. The molecule has 2 fully saturated rings. The van der Waals surface area contributed by atoms with E-state index in [0.29, 0.717) is 0 Å². The maximum Gasteiger partial charge on any atom is 0.0215 e. The van der Waals surface area contributed by atoms with Gasteiger partial charge >= 0.3 is 0 Å². The van der Waals surface area contributed by atoms with Crippen molar-refractivity contribution in [1.82, 2.24) is 0 Å². The third-order valence-corrected chi connectivity index (χ3v) is 16.1. The Morgan fingerprint density at radius 3 is 0.855 bits per heavy atom. The second-order valence-electron chi connectivity index (χ2n) is 18.9. The van der Waals surface area contributed by atoms with Crippen molar-refractivity contribution in [2.24, 2.45) is 0 Å². The van der Waals surface area contributed by atoms with Gasteiger partial charge in [-0.25, -0.2) is 0 Å². The van der Waals surface area contributed by atoms with Crippen LogP contribution in [0.4, 0.5) is 0 Å². The molecule has 294 valence electrons. The highest BCUT2D eigenvalue weighted by Crippen LogP contribution is 2.60. The lowest BCUT2D eigenvalue weighted by Crippen LogP contribution is -2.20. The minimum Gasteiger partial charge on any atom is -0.0619 e. The molecule has 0 N–H and O–H groups in total. The number of fused-ring (bicyclic) bond motifs is 14. The van der Waals surface area contributed by atoms with Crippen molar-refractivity contribution in [3.05, 3.63) is 204 Å². The van der Waals surface area contributed by atoms with E-state index in [-0.39, 0.29) is 10.8 Å². The van der Waals surface area contributed by atoms with Crippen molar-refractivity contribution in [2.75, 3.05) is 0 Å². The highest BCUT2D eigenvalue weighted by atomic mass is 14.5. The summed E-state index contributed by atoms with van der Waals surface area (Å²) in [6.45, 7) is 0. The molecule has 0 saturated heterocycles. The van der Waals surface area contributed by atoms with Crippen LogP contribution in [-0.4, -0.2) is 0 Å². The third kappa shape index (κ3) is 4.52. The lowest BCUT2D eigenvalue weighted by atomic mass is 9.75. The molecule has 2 saturated carbocycles. The first-order chi connectivity index (χ1) is 30.7. The number of hydrogen-bond acceptors (Lipinski definition) is 0. The second-order valence-corrected chi connectivity index (χ2v) is 18.9. The molecule has 0 unspecified atom stereocenters. The van der Waals surface area contributed by atoms with E-state index in [1.807, 2.05) is 0 Å². The van der Waals surface area contributed by atoms with Gasteiger partial charge in [-0.15, -0.1) is 0 Å². The molecule has 14 rings (SSSR count). The molecule has 4 aliphatic carbocycles. The Morgan fingerprint density at radius 2 is 0.516 bits per heavy atom. The zero-order valence-corrected chi connectivity index (χ0v) is 35.0. The molecule has 10 aromatic carbocycles. The third-order valence-electron chi connectivity index (χ3n) is 16.1. The van der Waals surface area contributed by atoms with E-state index in [2.05, 4.69) is 182 Å². The van der Waals surface area contributed by atoms with E-state index in [1.54, 1.807) is 11.1 Å². The molecule has 4 aliphatic rings. The van der Waals surface area contributed by atoms with Gasteiger partial charge in [-0.3, -0.25) is 0 Å². The highest BCUT2D eigenvalue weighted by molar-refractivity contribution is 6.30. The van der Waals surface area contributed by atoms with Crippen LogP contribution in [0.25, 0.3) is 98.7 Å². The fraction of sp³-hybridized carbons (Fsp3) is 0.161. The molecule has 0 heterocycles. The summed E-state index contributed by atoms with van der Waals surface area (Å²) < 4.78 is 0. The fourth-order valence-corrected chi connectivity index (χ4v) is 13.7. The molecule has 0 radical (unpaired) electrons. The lowest BCUT2D eigenvalue weighted by Gasteiger charge is -2.27. The Bertz CT molecular complexity index is 3180. The highest BCUT2D eigenvalue weighted by Gasteiger charge is 2.46. The van der Waals surface area contributed by atoms with Crippen molar-refractivity contribution >= 4 is 43.1 Å². The van der Waals surface area contributed by atoms with Crippen LogP contribution in [0.5, 0.6) is 0 Å². The van der Waals surface area contributed by atoms with Crippen LogP contribution in [-0.2, 0) is 10.8 Å². The van der Waals surface area contributed by atoms with E-state index >= 15 is 0 Å². The van der Waals surface area contributed by atoms with Crippen LogP contribution in [0.15, 0.2) is 182 Å². The molecule has 0 bridgehead atoms. The van der Waals surface area contributed by atoms with Crippen molar-refractivity contribution in [3.8, 4) is 55.6 Å². The number of hydrogen-bond donors (Lipinski definition) is 0. The van der Waals surface area contributed by atoms with E-state index in [0.717, 1.165) is 0 Å². The van der Waals surface area contributed by atoms with Crippen molar-refractivity contribution in [2.45, 2.75) is 62.2 Å². The van der Waals surface area contributed by atoms with E-state index < -0.39 is 0 Å². The van der Waals surface area contributed by atoms with Crippen LogP contribution in [0, 0.1) is 0 Å². The fourth-order valence-electron chi connectivity index (χ4n) is 13.7. The van der Waals surface area contributed by atoms with Gasteiger partial charge in [0.05, 0.1) is 0 Å². The van der Waals surface area contributed by atoms with Gasteiger partial charge in [0.15, 0.2) is 0 Å². The van der Waals surface area contributed by atoms with Crippen molar-refractivity contribution < 1.29 is 0 Å². The molecule has 0 aliphatic heterocycles. The molecular formula is C62H46. The molecule has 2 spiro atoms. The molecule has 62 heavy (non-hydrogen) atoms. The first-order valence-electron chi connectivity index (χ1n) is 23.1. The van der Waals surface area contributed by atoms with Gasteiger partial charge in [0.2, 0.25) is 0 Å². The Hall–Kier alpha value is -6.76. The van der Waals surface area contributed by atoms with Crippen LogP contribution < -0.4 is 0 Å². The molecule has 0 nitrogen and oxygen atoms in total. The van der Waals surface area contributed by atoms with Gasteiger partial charge < -0.3 is 0 Å². The summed E-state index contributed by atoms with van der Waals surface area (Å²) in [6, 6.07) is 70.5. The Morgan fingerprint density at radius 1 is 0.242 bits per heavy atom. The Balaban J connectivity index is 1.03. The zero-order valence-electron chi connectivity index (χ0n) is 35.0. The largest absolute Gasteiger partial charge is 0.0619 e. The van der Waals surface area contributed by atoms with E-state index in [4.69, 9.17) is 0 Å². The molecule has 0 heteroatoms. The van der Waals surface area contributed by atoms with Crippen molar-refractivity contribution in [1.29, 1.82) is 0 Å². The summed E-state index contributed by atoms with van der Waals surface area (Å²) in [6.07, 6.45) is 10.1. The Kier molecular flexibility index (Phi) is 7.25. The molecule has 0 amide bonds. The van der Waals surface area contributed by atoms with Crippen LogP contribution in [0.1, 0.15) is 73.6 Å². The predicted octanol–water partition coefficient (Wildman–Crippen LogP) is 17.0. The van der Waals surface area contributed by atoms with Gasteiger partial charge in [-0.1, -0.05) is 196 Å². The molecule has 0 atom stereocenters. The van der Waals surface area contributed by atoms with Crippen LogP contribution >= 0.6 is 0 Å². The molecular weight excluding hydrogens is 745 g/mol.